The standard InChI is InChI=1S/C75H50N6O/c1-7-21-53(22-8-1)73-76-74(54-23-9-2-10-24-54)78-75(77-73)65-35-19-33-63-64-34-20-36-70(72(64)82-71(63)65)81-68-47-41-55(51-37-43-61(44-38-51)79(57-25-11-3-12-26-57)58-27-13-4-14-28-58)49-66(68)67-50-56(42-48-69(67)81)52-39-45-62(46-40-52)80(59-29-15-5-16-30-59)60-31-17-6-18-32-60/h1-50H. The van der Waals surface area contributed by atoms with Crippen LogP contribution in [0.4, 0.5) is 34.1 Å². The molecule has 15 aromatic rings. The second-order valence-corrected chi connectivity index (χ2v) is 20.4. The van der Waals surface area contributed by atoms with Gasteiger partial charge in [0.1, 0.15) is 5.58 Å². The molecule has 0 spiro atoms. The van der Waals surface area contributed by atoms with Gasteiger partial charge in [-0.15, -0.1) is 0 Å². The fourth-order valence-corrected chi connectivity index (χ4v) is 11.5. The summed E-state index contributed by atoms with van der Waals surface area (Å²) in [5.74, 6) is 1.73. The van der Waals surface area contributed by atoms with Crippen molar-refractivity contribution in [3.63, 3.8) is 0 Å². The monoisotopic (exact) mass is 1050 g/mol. The lowest BCUT2D eigenvalue weighted by molar-refractivity contribution is 0.667. The molecule has 3 heterocycles. The molecule has 0 aliphatic heterocycles. The molecular formula is C75H50N6O. The molecule has 0 saturated heterocycles. The van der Waals surface area contributed by atoms with Crippen molar-refractivity contribution >= 4 is 77.9 Å². The molecule has 0 aliphatic rings. The molecule has 386 valence electrons. The Hall–Kier alpha value is -11.2. The molecule has 0 fully saturated rings. The van der Waals surface area contributed by atoms with Crippen LogP contribution in [-0.4, -0.2) is 19.5 Å². The van der Waals surface area contributed by atoms with Crippen LogP contribution in [0.3, 0.4) is 0 Å². The van der Waals surface area contributed by atoms with Crippen molar-refractivity contribution in [2.75, 3.05) is 9.80 Å². The minimum absolute atomic E-state index is 0.539. The van der Waals surface area contributed by atoms with Gasteiger partial charge in [-0.25, -0.2) is 15.0 Å². The maximum absolute atomic E-state index is 7.23. The number of fused-ring (bicyclic) bond motifs is 6. The summed E-state index contributed by atoms with van der Waals surface area (Å²) >= 11 is 0. The van der Waals surface area contributed by atoms with Crippen LogP contribution in [0.15, 0.2) is 308 Å². The number of para-hydroxylation sites is 6. The summed E-state index contributed by atoms with van der Waals surface area (Å²) in [5.41, 5.74) is 18.2. The van der Waals surface area contributed by atoms with Gasteiger partial charge in [0, 0.05) is 66.8 Å². The summed E-state index contributed by atoms with van der Waals surface area (Å²) in [6.45, 7) is 0. The van der Waals surface area contributed by atoms with Gasteiger partial charge in [-0.1, -0.05) is 194 Å². The number of anilines is 6. The van der Waals surface area contributed by atoms with E-state index in [1.54, 1.807) is 0 Å². The van der Waals surface area contributed by atoms with Gasteiger partial charge in [-0.3, -0.25) is 0 Å². The van der Waals surface area contributed by atoms with Crippen LogP contribution in [0.5, 0.6) is 0 Å². The second kappa shape index (κ2) is 20.6. The maximum Gasteiger partial charge on any atom is 0.167 e. The van der Waals surface area contributed by atoms with Crippen LogP contribution in [0.25, 0.3) is 106 Å². The minimum atomic E-state index is 0.539. The third kappa shape index (κ3) is 8.70. The van der Waals surface area contributed by atoms with Crippen LogP contribution in [0.1, 0.15) is 0 Å². The lowest BCUT2D eigenvalue weighted by Gasteiger charge is -2.25. The molecule has 0 atom stereocenters. The van der Waals surface area contributed by atoms with E-state index in [0.29, 0.717) is 23.1 Å². The second-order valence-electron chi connectivity index (χ2n) is 20.4. The third-order valence-electron chi connectivity index (χ3n) is 15.4. The molecule has 0 amide bonds. The Morgan fingerprint density at radius 1 is 0.256 bits per heavy atom. The van der Waals surface area contributed by atoms with Crippen LogP contribution in [-0.2, 0) is 0 Å². The topological polar surface area (TPSA) is 63.2 Å². The van der Waals surface area contributed by atoms with Crippen molar-refractivity contribution in [1.82, 2.24) is 19.5 Å². The Bertz CT molecular complexity index is 4440. The van der Waals surface area contributed by atoms with E-state index in [-0.39, 0.29) is 0 Å². The van der Waals surface area contributed by atoms with Crippen LogP contribution < -0.4 is 9.80 Å². The first-order valence-corrected chi connectivity index (χ1v) is 27.6. The Balaban J connectivity index is 0.884. The van der Waals surface area contributed by atoms with Gasteiger partial charge in [-0.05, 0) is 131 Å². The van der Waals surface area contributed by atoms with Gasteiger partial charge in [0.15, 0.2) is 23.1 Å². The maximum atomic E-state index is 7.23. The summed E-state index contributed by atoms with van der Waals surface area (Å²) in [4.78, 5) is 19.8. The SMILES string of the molecule is c1ccc(-c2nc(-c3ccccc3)nc(-c3cccc4c3oc3c(-n5c6ccc(-c7ccc(N(c8ccccc8)c8ccccc8)cc7)cc6c6cc(-c7ccc(N(c8ccccc8)c8ccccc8)cc7)ccc65)cccc34)n2)cc1. The number of benzene rings is 12. The van der Waals surface area contributed by atoms with Crippen molar-refractivity contribution in [2.24, 2.45) is 0 Å². The van der Waals surface area contributed by atoms with E-state index < -0.39 is 0 Å². The highest BCUT2D eigenvalue weighted by molar-refractivity contribution is 6.15. The highest BCUT2D eigenvalue weighted by atomic mass is 16.3. The third-order valence-corrected chi connectivity index (χ3v) is 15.4. The lowest BCUT2D eigenvalue weighted by Crippen LogP contribution is -2.09. The van der Waals surface area contributed by atoms with Crippen molar-refractivity contribution in [2.45, 2.75) is 0 Å². The van der Waals surface area contributed by atoms with Gasteiger partial charge in [0.2, 0.25) is 0 Å². The highest BCUT2D eigenvalue weighted by Gasteiger charge is 2.23. The normalized spacial score (nSPS) is 11.4. The molecule has 0 aliphatic carbocycles. The molecule has 12 aromatic carbocycles. The van der Waals surface area contributed by atoms with E-state index in [0.717, 1.165) is 117 Å². The molecular weight excluding hydrogens is 1000 g/mol. The number of furan rings is 1. The average Bonchev–Trinajstić information content (AvgIpc) is 3.39. The largest absolute Gasteiger partial charge is 0.453 e. The molecule has 0 bridgehead atoms. The number of aromatic nitrogens is 4. The zero-order chi connectivity index (χ0) is 54.3. The molecule has 0 saturated carbocycles. The first kappa shape index (κ1) is 48.0. The minimum Gasteiger partial charge on any atom is -0.453 e. The van der Waals surface area contributed by atoms with Gasteiger partial charge in [-0.2, -0.15) is 0 Å². The van der Waals surface area contributed by atoms with Crippen molar-refractivity contribution in [3.8, 4) is 62.1 Å². The van der Waals surface area contributed by atoms with E-state index in [1.165, 1.54) is 0 Å². The first-order chi connectivity index (χ1) is 40.7. The van der Waals surface area contributed by atoms with Crippen molar-refractivity contribution in [3.05, 3.63) is 303 Å². The van der Waals surface area contributed by atoms with E-state index in [9.17, 15) is 0 Å². The number of hydrogen-bond donors (Lipinski definition) is 0. The fraction of sp³-hybridized carbons (Fsp3) is 0. The van der Waals surface area contributed by atoms with Gasteiger partial charge >= 0.3 is 0 Å². The Morgan fingerprint density at radius 2 is 0.610 bits per heavy atom. The Labute approximate surface area is 474 Å². The van der Waals surface area contributed by atoms with E-state index >= 15 is 0 Å². The average molecular weight is 1050 g/mol. The van der Waals surface area contributed by atoms with Gasteiger partial charge < -0.3 is 18.8 Å². The summed E-state index contributed by atoms with van der Waals surface area (Å²) in [6, 6.07) is 107. The van der Waals surface area contributed by atoms with Crippen LogP contribution in [0, 0.1) is 0 Å². The van der Waals surface area contributed by atoms with E-state index in [1.807, 2.05) is 66.7 Å². The predicted octanol–water partition coefficient (Wildman–Crippen LogP) is 20.1. The number of hydrogen-bond acceptors (Lipinski definition) is 6. The summed E-state index contributed by atoms with van der Waals surface area (Å²) in [7, 11) is 0. The molecule has 15 rings (SSSR count). The zero-order valence-corrected chi connectivity index (χ0v) is 44.5. The lowest BCUT2D eigenvalue weighted by atomic mass is 9.99. The predicted molar refractivity (Wildman–Crippen MR) is 338 cm³/mol. The summed E-state index contributed by atoms with van der Waals surface area (Å²) < 4.78 is 9.60. The van der Waals surface area contributed by atoms with Gasteiger partial charge in [0.25, 0.3) is 0 Å². The molecule has 82 heavy (non-hydrogen) atoms. The van der Waals surface area contributed by atoms with Crippen LogP contribution in [0.2, 0.25) is 0 Å². The Kier molecular flexibility index (Phi) is 12.0. The summed E-state index contributed by atoms with van der Waals surface area (Å²) in [6.07, 6.45) is 0. The van der Waals surface area contributed by atoms with Crippen molar-refractivity contribution in [1.29, 1.82) is 0 Å². The fourth-order valence-electron chi connectivity index (χ4n) is 11.5. The van der Waals surface area contributed by atoms with Gasteiger partial charge in [0.05, 0.1) is 22.3 Å². The van der Waals surface area contributed by atoms with E-state index in [4.69, 9.17) is 19.4 Å². The Morgan fingerprint density at radius 3 is 1.04 bits per heavy atom. The number of nitrogens with zero attached hydrogens (tertiary/aromatic N) is 6. The van der Waals surface area contributed by atoms with Crippen LogP contribution >= 0.6 is 0 Å². The molecule has 3 aromatic heterocycles. The zero-order valence-electron chi connectivity index (χ0n) is 44.5. The first-order valence-electron chi connectivity index (χ1n) is 27.6. The van der Waals surface area contributed by atoms with Crippen molar-refractivity contribution < 1.29 is 4.42 Å². The molecule has 0 N–H and O–H groups in total. The smallest absolute Gasteiger partial charge is 0.167 e. The van der Waals surface area contributed by atoms with E-state index in [2.05, 4.69) is 251 Å². The number of rotatable bonds is 12. The quantitative estimate of drug-likeness (QED) is 0.121. The molecule has 7 nitrogen and oxygen atoms in total. The summed E-state index contributed by atoms with van der Waals surface area (Å²) in [5, 5.41) is 4.24. The molecule has 0 unspecified atom stereocenters. The molecule has 0 radical (unpaired) electrons. The highest BCUT2D eigenvalue weighted by Crippen LogP contribution is 2.44. The molecule has 7 heteroatoms.